The standard InChI is InChI=1S/C14H12N2.HI/c1-16-13-7-3-2-5-11(13)8-9-14(16)12-6-4-10-15-12;/h2-10H,1H3;1H. The van der Waals surface area contributed by atoms with Crippen molar-refractivity contribution in [2.75, 3.05) is 0 Å². The lowest BCUT2D eigenvalue weighted by Gasteiger charge is -2.01. The highest BCUT2D eigenvalue weighted by molar-refractivity contribution is 5.77. The van der Waals surface area contributed by atoms with Crippen LogP contribution in [0.3, 0.4) is 0 Å². The van der Waals surface area contributed by atoms with E-state index in [0.29, 0.717) is 0 Å². The number of hydrogen-bond donors (Lipinski definition) is 1. The van der Waals surface area contributed by atoms with Crippen molar-refractivity contribution in [2.24, 2.45) is 7.05 Å². The highest BCUT2D eigenvalue weighted by atomic mass is 127. The third kappa shape index (κ3) is 2.07. The number of H-pyrrole nitrogens is 1. The Labute approximate surface area is 117 Å². The van der Waals surface area contributed by atoms with Gasteiger partial charge in [0.25, 0.3) is 0 Å². The van der Waals surface area contributed by atoms with E-state index in [1.807, 2.05) is 12.3 Å². The molecule has 2 aromatic heterocycles. The van der Waals surface area contributed by atoms with Crippen LogP contribution in [0.5, 0.6) is 0 Å². The first-order valence-electron chi connectivity index (χ1n) is 5.38. The van der Waals surface area contributed by atoms with Crippen LogP contribution in [0.2, 0.25) is 0 Å². The lowest BCUT2D eigenvalue weighted by Crippen LogP contribution is -3.00. The van der Waals surface area contributed by atoms with Crippen molar-refractivity contribution in [1.82, 2.24) is 4.98 Å². The number of aromatic nitrogens is 2. The molecule has 0 amide bonds. The molecule has 0 aliphatic carbocycles. The Bertz CT molecular complexity index is 630. The topological polar surface area (TPSA) is 19.7 Å². The average molecular weight is 336 g/mol. The second kappa shape index (κ2) is 4.87. The molecule has 17 heavy (non-hydrogen) atoms. The zero-order valence-electron chi connectivity index (χ0n) is 9.52. The van der Waals surface area contributed by atoms with E-state index in [4.69, 9.17) is 0 Å². The van der Waals surface area contributed by atoms with Crippen molar-refractivity contribution in [3.8, 4) is 11.4 Å². The van der Waals surface area contributed by atoms with Crippen LogP contribution in [0.15, 0.2) is 54.7 Å². The zero-order valence-corrected chi connectivity index (χ0v) is 11.7. The van der Waals surface area contributed by atoms with Gasteiger partial charge in [0.05, 0.1) is 0 Å². The maximum atomic E-state index is 3.24. The van der Waals surface area contributed by atoms with E-state index in [-0.39, 0.29) is 24.0 Å². The number of benzene rings is 1. The third-order valence-electron chi connectivity index (χ3n) is 2.95. The van der Waals surface area contributed by atoms with E-state index in [0.717, 1.165) is 5.69 Å². The van der Waals surface area contributed by atoms with Gasteiger partial charge in [-0.1, -0.05) is 12.1 Å². The van der Waals surface area contributed by atoms with Crippen LogP contribution < -0.4 is 28.5 Å². The number of aryl methyl sites for hydroxylation is 1. The van der Waals surface area contributed by atoms with E-state index in [9.17, 15) is 0 Å². The van der Waals surface area contributed by atoms with Crippen LogP contribution >= 0.6 is 0 Å². The summed E-state index contributed by atoms with van der Waals surface area (Å²) in [6.07, 6.45) is 1.95. The van der Waals surface area contributed by atoms with Gasteiger partial charge in [-0.15, -0.1) is 0 Å². The molecule has 3 aromatic rings. The van der Waals surface area contributed by atoms with Crippen LogP contribution in [0.25, 0.3) is 22.3 Å². The van der Waals surface area contributed by atoms with E-state index >= 15 is 0 Å². The highest BCUT2D eigenvalue weighted by Gasteiger charge is 2.13. The fourth-order valence-electron chi connectivity index (χ4n) is 2.10. The Kier molecular flexibility index (Phi) is 3.47. The van der Waals surface area contributed by atoms with Crippen LogP contribution in [-0.4, -0.2) is 4.98 Å². The average Bonchev–Trinajstić information content (AvgIpc) is 2.83. The molecule has 3 rings (SSSR count). The molecule has 0 bridgehead atoms. The normalized spacial score (nSPS) is 10.2. The van der Waals surface area contributed by atoms with Crippen molar-refractivity contribution in [3.05, 3.63) is 54.7 Å². The second-order valence-electron chi connectivity index (χ2n) is 3.92. The fraction of sp³-hybridized carbons (Fsp3) is 0.0714. The number of para-hydroxylation sites is 1. The smallest absolute Gasteiger partial charge is 0.229 e. The predicted octanol–water partition coefficient (Wildman–Crippen LogP) is -0.337. The van der Waals surface area contributed by atoms with Crippen LogP contribution in [0, 0.1) is 0 Å². The van der Waals surface area contributed by atoms with Crippen LogP contribution in [0.4, 0.5) is 0 Å². The van der Waals surface area contributed by atoms with Gasteiger partial charge in [0.1, 0.15) is 12.7 Å². The number of rotatable bonds is 1. The molecular formula is C14H13IN2. The Morgan fingerprint density at radius 1 is 0.941 bits per heavy atom. The van der Waals surface area contributed by atoms with Gasteiger partial charge in [0.15, 0.2) is 0 Å². The molecule has 0 saturated carbocycles. The van der Waals surface area contributed by atoms with E-state index in [1.54, 1.807) is 0 Å². The Morgan fingerprint density at radius 2 is 1.76 bits per heavy atom. The largest absolute Gasteiger partial charge is 1.00 e. The van der Waals surface area contributed by atoms with Gasteiger partial charge in [-0.2, -0.15) is 4.57 Å². The Morgan fingerprint density at radius 3 is 2.53 bits per heavy atom. The molecule has 0 radical (unpaired) electrons. The molecule has 0 aliphatic heterocycles. The van der Waals surface area contributed by atoms with Gasteiger partial charge in [0, 0.05) is 23.7 Å². The summed E-state index contributed by atoms with van der Waals surface area (Å²) >= 11 is 0. The van der Waals surface area contributed by atoms with Gasteiger partial charge < -0.3 is 29.0 Å². The Balaban J connectivity index is 0.00000108. The molecule has 1 N–H and O–H groups in total. The summed E-state index contributed by atoms with van der Waals surface area (Å²) < 4.78 is 2.21. The molecule has 86 valence electrons. The van der Waals surface area contributed by atoms with Gasteiger partial charge in [-0.3, -0.25) is 0 Å². The number of halogens is 1. The highest BCUT2D eigenvalue weighted by Crippen LogP contribution is 2.16. The maximum absolute atomic E-state index is 3.24. The Hall–Kier alpha value is -1.36. The number of nitrogens with zero attached hydrogens (tertiary/aromatic N) is 1. The molecular weight excluding hydrogens is 323 g/mol. The molecule has 2 heterocycles. The number of nitrogens with one attached hydrogen (secondary N) is 1. The SMILES string of the molecule is C[n+]1c(-c2ccc[nH]2)ccc2ccccc21.[I-]. The number of aromatic amines is 1. The summed E-state index contributed by atoms with van der Waals surface area (Å²) in [5, 5.41) is 1.26. The number of hydrogen-bond acceptors (Lipinski definition) is 0. The summed E-state index contributed by atoms with van der Waals surface area (Å²) in [4.78, 5) is 3.24. The minimum absolute atomic E-state index is 0. The van der Waals surface area contributed by atoms with Gasteiger partial charge in [-0.05, 0) is 24.3 Å². The molecule has 1 aromatic carbocycles. The first-order valence-corrected chi connectivity index (χ1v) is 5.38. The molecule has 2 nitrogen and oxygen atoms in total. The zero-order chi connectivity index (χ0) is 11.0. The molecule has 0 saturated heterocycles. The molecule has 0 fully saturated rings. The molecule has 0 spiro atoms. The summed E-state index contributed by atoms with van der Waals surface area (Å²) in [6, 6.07) is 16.8. The third-order valence-corrected chi connectivity index (χ3v) is 2.95. The fourth-order valence-corrected chi connectivity index (χ4v) is 2.10. The summed E-state index contributed by atoms with van der Waals surface area (Å²) in [7, 11) is 2.10. The van der Waals surface area contributed by atoms with Crippen molar-refractivity contribution in [3.63, 3.8) is 0 Å². The summed E-state index contributed by atoms with van der Waals surface area (Å²) in [6.45, 7) is 0. The lowest BCUT2D eigenvalue weighted by molar-refractivity contribution is -0.633. The van der Waals surface area contributed by atoms with Gasteiger partial charge >= 0.3 is 0 Å². The van der Waals surface area contributed by atoms with E-state index in [1.165, 1.54) is 16.6 Å². The van der Waals surface area contributed by atoms with Crippen molar-refractivity contribution < 1.29 is 28.5 Å². The van der Waals surface area contributed by atoms with Crippen molar-refractivity contribution >= 4 is 10.9 Å². The minimum atomic E-state index is 0. The van der Waals surface area contributed by atoms with Crippen molar-refractivity contribution in [1.29, 1.82) is 0 Å². The van der Waals surface area contributed by atoms with Gasteiger partial charge in [-0.25, -0.2) is 0 Å². The van der Waals surface area contributed by atoms with Gasteiger partial charge in [0.2, 0.25) is 11.2 Å². The quantitative estimate of drug-likeness (QED) is 0.464. The first kappa shape index (κ1) is 12.1. The maximum Gasteiger partial charge on any atom is 0.229 e. The van der Waals surface area contributed by atoms with Crippen molar-refractivity contribution in [2.45, 2.75) is 0 Å². The lowest BCUT2D eigenvalue weighted by atomic mass is 10.1. The molecule has 0 aliphatic rings. The predicted molar refractivity (Wildman–Crippen MR) is 64.9 cm³/mol. The number of pyridine rings is 1. The molecule has 3 heteroatoms. The first-order chi connectivity index (χ1) is 7.86. The van der Waals surface area contributed by atoms with Crippen LogP contribution in [0.1, 0.15) is 0 Å². The summed E-state index contributed by atoms with van der Waals surface area (Å²) in [5.41, 5.74) is 3.59. The summed E-state index contributed by atoms with van der Waals surface area (Å²) in [5.74, 6) is 0. The number of fused-ring (bicyclic) bond motifs is 1. The second-order valence-corrected chi connectivity index (χ2v) is 3.92. The van der Waals surface area contributed by atoms with E-state index < -0.39 is 0 Å². The minimum Gasteiger partial charge on any atom is -1.00 e. The molecule has 0 atom stereocenters. The molecule has 0 unspecified atom stereocenters. The van der Waals surface area contributed by atoms with Crippen LogP contribution in [-0.2, 0) is 7.05 Å². The monoisotopic (exact) mass is 336 g/mol. The van der Waals surface area contributed by atoms with E-state index in [2.05, 4.69) is 59.1 Å².